The number of nitrogens with zero attached hydrogens (tertiary/aromatic N) is 1. The van der Waals surface area contributed by atoms with Crippen molar-refractivity contribution < 1.29 is 14.6 Å². The molecule has 166 valence electrons. The lowest BCUT2D eigenvalue weighted by atomic mass is 10.1. The molecular formula is C26H29N3O3. The molecule has 1 aliphatic heterocycles. The smallest absolute Gasteiger partial charge is 0.159 e. The number of aryl methyl sites for hydroxylation is 1. The van der Waals surface area contributed by atoms with Crippen LogP contribution in [0.1, 0.15) is 42.7 Å². The first kappa shape index (κ1) is 21.8. The molecular weight excluding hydrogens is 402 g/mol. The molecule has 0 radical (unpaired) electrons. The Bertz CT molecular complexity index is 1180. The minimum atomic E-state index is -0.0790. The third-order valence-electron chi connectivity index (χ3n) is 5.83. The van der Waals surface area contributed by atoms with Crippen molar-refractivity contribution in [1.82, 2.24) is 4.57 Å². The molecule has 0 saturated carbocycles. The highest BCUT2D eigenvalue weighted by atomic mass is 16.5. The number of rotatable bonds is 6. The number of Topliss-reactive ketones (excluding diaryl/α,β-unsaturated/α-hetero) is 1. The summed E-state index contributed by atoms with van der Waals surface area (Å²) in [5, 5.41) is 18.1. The van der Waals surface area contributed by atoms with Crippen LogP contribution in [0.4, 0.5) is 11.4 Å². The van der Waals surface area contributed by atoms with Gasteiger partial charge in [0.2, 0.25) is 0 Å². The van der Waals surface area contributed by atoms with Crippen molar-refractivity contribution in [2.24, 2.45) is 0 Å². The highest BCUT2D eigenvalue weighted by Crippen LogP contribution is 2.29. The molecule has 1 aliphatic rings. The third kappa shape index (κ3) is 4.74. The number of ketones is 1. The second kappa shape index (κ2) is 9.80. The number of hydrogen-bond acceptors (Lipinski definition) is 5. The average molecular weight is 432 g/mol. The van der Waals surface area contributed by atoms with Gasteiger partial charge in [-0.2, -0.15) is 0 Å². The van der Waals surface area contributed by atoms with Crippen LogP contribution in [0.25, 0.3) is 10.9 Å². The fraction of sp³-hybridized carbons (Fsp3) is 0.346. The Morgan fingerprint density at radius 1 is 1.19 bits per heavy atom. The molecule has 0 aliphatic carbocycles. The molecule has 32 heavy (non-hydrogen) atoms. The number of phenols is 1. The minimum absolute atomic E-state index is 0.0472. The van der Waals surface area contributed by atoms with Gasteiger partial charge in [0, 0.05) is 42.4 Å². The first-order chi connectivity index (χ1) is 15.6. The molecule has 0 unspecified atom stereocenters. The van der Waals surface area contributed by atoms with E-state index in [4.69, 9.17) is 4.74 Å². The van der Waals surface area contributed by atoms with Gasteiger partial charge in [-0.05, 0) is 69.0 Å². The van der Waals surface area contributed by atoms with Crippen LogP contribution in [0.15, 0.2) is 42.5 Å². The molecule has 3 aromatic rings. The van der Waals surface area contributed by atoms with E-state index in [1.165, 1.54) is 23.9 Å². The van der Waals surface area contributed by atoms with Crippen LogP contribution in [0.3, 0.4) is 0 Å². The molecule has 6 heteroatoms. The summed E-state index contributed by atoms with van der Waals surface area (Å²) in [6.07, 6.45) is 2.03. The zero-order chi connectivity index (χ0) is 22.5. The number of hydrogen-bond donors (Lipinski definition) is 3. The molecule has 2 heterocycles. The first-order valence-corrected chi connectivity index (χ1v) is 11.1. The second-order valence-electron chi connectivity index (χ2n) is 7.99. The summed E-state index contributed by atoms with van der Waals surface area (Å²) in [4.78, 5) is 11.4. The molecule has 2 aromatic carbocycles. The monoisotopic (exact) mass is 431 g/mol. The number of phenolic OH excluding ortho intramolecular Hbond substituents is 1. The van der Waals surface area contributed by atoms with Gasteiger partial charge >= 0.3 is 0 Å². The Kier molecular flexibility index (Phi) is 6.67. The molecule has 3 N–H and O–H groups in total. The molecule has 1 aromatic heterocycles. The summed E-state index contributed by atoms with van der Waals surface area (Å²) in [6.45, 7) is 6.42. The zero-order valence-corrected chi connectivity index (χ0v) is 18.6. The second-order valence-corrected chi connectivity index (χ2v) is 7.99. The third-order valence-corrected chi connectivity index (χ3v) is 5.83. The minimum Gasteiger partial charge on any atom is -0.506 e. The van der Waals surface area contributed by atoms with Crippen LogP contribution in [0, 0.1) is 11.8 Å². The summed E-state index contributed by atoms with van der Waals surface area (Å²) in [6, 6.07) is 13.8. The van der Waals surface area contributed by atoms with Gasteiger partial charge in [-0.15, -0.1) is 0 Å². The number of aromatic hydroxyl groups is 1. The quantitative estimate of drug-likeness (QED) is 0.302. The van der Waals surface area contributed by atoms with E-state index < -0.39 is 0 Å². The predicted octanol–water partition coefficient (Wildman–Crippen LogP) is 4.62. The van der Waals surface area contributed by atoms with Crippen molar-refractivity contribution in [1.29, 1.82) is 0 Å². The number of nitrogens with one attached hydrogen (secondary N) is 2. The van der Waals surface area contributed by atoms with Crippen molar-refractivity contribution in [2.75, 3.05) is 30.4 Å². The lowest BCUT2D eigenvalue weighted by Gasteiger charge is -2.24. The van der Waals surface area contributed by atoms with Crippen molar-refractivity contribution in [2.45, 2.75) is 39.3 Å². The largest absolute Gasteiger partial charge is 0.506 e. The van der Waals surface area contributed by atoms with Crippen LogP contribution in [0.5, 0.6) is 5.75 Å². The molecule has 0 bridgehead atoms. The molecule has 0 spiro atoms. The summed E-state index contributed by atoms with van der Waals surface area (Å²) < 4.78 is 7.70. The van der Waals surface area contributed by atoms with Crippen molar-refractivity contribution in [3.05, 3.63) is 53.7 Å². The number of fused-ring (bicyclic) bond motifs is 1. The number of ether oxygens (including phenoxy) is 1. The number of carbonyl (C=O) groups excluding carboxylic acids is 1. The maximum atomic E-state index is 11.4. The van der Waals surface area contributed by atoms with Crippen LogP contribution < -0.4 is 10.6 Å². The Morgan fingerprint density at radius 3 is 2.72 bits per heavy atom. The van der Waals surface area contributed by atoms with Crippen LogP contribution >= 0.6 is 0 Å². The zero-order valence-electron chi connectivity index (χ0n) is 18.6. The Labute approximate surface area is 188 Å². The number of carbonyl (C=O) groups is 1. The molecule has 6 nitrogen and oxygen atoms in total. The van der Waals surface area contributed by atoms with Gasteiger partial charge < -0.3 is 25.0 Å². The maximum Gasteiger partial charge on any atom is 0.159 e. The van der Waals surface area contributed by atoms with E-state index >= 15 is 0 Å². The normalized spacial score (nSPS) is 14.1. The van der Waals surface area contributed by atoms with Gasteiger partial charge in [-0.3, -0.25) is 4.79 Å². The number of benzene rings is 2. The fourth-order valence-corrected chi connectivity index (χ4v) is 4.09. The first-order valence-electron chi connectivity index (χ1n) is 11.1. The van der Waals surface area contributed by atoms with Crippen LogP contribution in [-0.4, -0.2) is 41.3 Å². The maximum absolute atomic E-state index is 11.4. The Morgan fingerprint density at radius 2 is 2.00 bits per heavy atom. The predicted molar refractivity (Wildman–Crippen MR) is 129 cm³/mol. The van der Waals surface area contributed by atoms with Crippen molar-refractivity contribution >= 4 is 28.1 Å². The summed E-state index contributed by atoms with van der Waals surface area (Å²) in [5.41, 5.74) is 4.30. The number of anilines is 2. The van der Waals surface area contributed by atoms with E-state index in [1.54, 1.807) is 12.1 Å². The molecule has 0 atom stereocenters. The van der Waals surface area contributed by atoms with Crippen molar-refractivity contribution in [3.8, 4) is 17.6 Å². The average Bonchev–Trinajstić information content (AvgIpc) is 3.16. The lowest BCUT2D eigenvalue weighted by Crippen LogP contribution is -2.27. The van der Waals surface area contributed by atoms with Gasteiger partial charge in [0.25, 0.3) is 0 Å². The standard InChI is InChI=1S/C26H29N3O3/c1-3-29-21(6-5-13-27-24-10-9-19(18(2)30)16-26(24)31)17-22-23(7-4-8-25(22)29)28-20-11-14-32-15-12-20/h4,7-10,16-17,20,27-28,31H,3,11-15H2,1-2H3. The van der Waals surface area contributed by atoms with Gasteiger partial charge in [0.1, 0.15) is 5.75 Å². The summed E-state index contributed by atoms with van der Waals surface area (Å²) in [7, 11) is 0. The van der Waals surface area contributed by atoms with E-state index in [9.17, 15) is 9.90 Å². The fourth-order valence-electron chi connectivity index (χ4n) is 4.09. The van der Waals surface area contributed by atoms with Crippen LogP contribution in [0.2, 0.25) is 0 Å². The summed E-state index contributed by atoms with van der Waals surface area (Å²) >= 11 is 0. The molecule has 1 fully saturated rings. The molecule has 0 amide bonds. The SMILES string of the molecule is CCn1c(C#CCNc2ccc(C(C)=O)cc2O)cc2c(NC3CCOCC3)cccc21. The van der Waals surface area contributed by atoms with E-state index in [0.29, 0.717) is 23.8 Å². The van der Waals surface area contributed by atoms with E-state index in [0.717, 1.165) is 44.0 Å². The van der Waals surface area contributed by atoms with Crippen molar-refractivity contribution in [3.63, 3.8) is 0 Å². The van der Waals surface area contributed by atoms with E-state index in [2.05, 4.69) is 58.2 Å². The lowest BCUT2D eigenvalue weighted by molar-refractivity contribution is 0.0905. The highest BCUT2D eigenvalue weighted by Gasteiger charge is 2.16. The Hall–Kier alpha value is -3.43. The van der Waals surface area contributed by atoms with Gasteiger partial charge in [-0.1, -0.05) is 12.0 Å². The van der Waals surface area contributed by atoms with Crippen LogP contribution in [-0.2, 0) is 11.3 Å². The van der Waals surface area contributed by atoms with E-state index in [1.807, 2.05) is 0 Å². The topological polar surface area (TPSA) is 75.5 Å². The van der Waals surface area contributed by atoms with Gasteiger partial charge in [0.05, 0.1) is 23.4 Å². The Balaban J connectivity index is 1.51. The molecule has 1 saturated heterocycles. The van der Waals surface area contributed by atoms with Gasteiger partial charge in [-0.25, -0.2) is 0 Å². The number of aromatic nitrogens is 1. The molecule has 4 rings (SSSR count). The summed E-state index contributed by atoms with van der Waals surface area (Å²) in [5.74, 6) is 6.39. The van der Waals surface area contributed by atoms with Gasteiger partial charge in [0.15, 0.2) is 5.78 Å². The van der Waals surface area contributed by atoms with E-state index in [-0.39, 0.29) is 11.5 Å². The highest BCUT2D eigenvalue weighted by molar-refractivity contribution is 5.95.